The van der Waals surface area contributed by atoms with Crippen LogP contribution in [0, 0.1) is 11.3 Å². The van der Waals surface area contributed by atoms with E-state index in [4.69, 9.17) is 49.7 Å². The highest BCUT2D eigenvalue weighted by atomic mass is 19.4. The number of unbranched alkanes of at least 4 members (excludes halogenated alkanes) is 20. The number of amides is 2. The molecule has 0 spiro atoms. The van der Waals surface area contributed by atoms with Crippen molar-refractivity contribution in [1.29, 1.82) is 5.41 Å². The molecule has 1 fully saturated rings. The number of guanidine groups is 4. The molecule has 63 heavy (non-hydrogen) atoms. The van der Waals surface area contributed by atoms with Crippen molar-refractivity contribution in [2.75, 3.05) is 58.9 Å². The second kappa shape index (κ2) is 39.2. The molecule has 0 aromatic heterocycles. The van der Waals surface area contributed by atoms with Gasteiger partial charge in [-0.15, -0.1) is 0 Å². The first-order chi connectivity index (χ1) is 30.1. The Kier molecular flexibility index (Phi) is 36.5. The summed E-state index contributed by atoms with van der Waals surface area (Å²) in [5.41, 5.74) is 33.2. The summed E-state index contributed by atoms with van der Waals surface area (Å²) in [4.78, 5) is 40.1. The van der Waals surface area contributed by atoms with Crippen molar-refractivity contribution in [3.05, 3.63) is 0 Å². The van der Waals surface area contributed by atoms with Gasteiger partial charge < -0.3 is 59.9 Å². The van der Waals surface area contributed by atoms with Gasteiger partial charge in [0.1, 0.15) is 0 Å². The Morgan fingerprint density at radius 2 is 0.857 bits per heavy atom. The molecular formula is C43H87F3N14O3. The number of carbonyl (C=O) groups is 2. The summed E-state index contributed by atoms with van der Waals surface area (Å²) in [6.07, 6.45) is 24.2. The van der Waals surface area contributed by atoms with Crippen LogP contribution in [0.4, 0.5) is 18.0 Å². The molecule has 0 bridgehead atoms. The first-order valence-electron chi connectivity index (χ1n) is 23.7. The highest BCUT2D eigenvalue weighted by Gasteiger charge is 2.38. The van der Waals surface area contributed by atoms with E-state index in [1.807, 2.05) is 0 Å². The zero-order valence-corrected chi connectivity index (χ0v) is 38.4. The SMILES string of the molecule is N=C(N)NCCCCCCCCN(CCCCCCCCN=C(N)N)C(=O)N(CCCCCCCCN=C(N)N)CCCCCCCCNC(N)=NCC1CC1.O=C(O)C(F)(F)F. The summed E-state index contributed by atoms with van der Waals surface area (Å²) >= 11 is 0. The molecule has 0 aromatic carbocycles. The lowest BCUT2D eigenvalue weighted by atomic mass is 10.1. The molecule has 16 N–H and O–H groups in total. The van der Waals surface area contributed by atoms with E-state index >= 15 is 0 Å². The van der Waals surface area contributed by atoms with Crippen molar-refractivity contribution in [1.82, 2.24) is 20.4 Å². The third-order valence-corrected chi connectivity index (χ3v) is 10.6. The minimum absolute atomic E-state index is 0.0398. The van der Waals surface area contributed by atoms with Gasteiger partial charge in [-0.2, -0.15) is 13.2 Å². The Hall–Kier alpha value is -4.39. The normalized spacial score (nSPS) is 12.5. The van der Waals surface area contributed by atoms with Crippen molar-refractivity contribution >= 4 is 35.8 Å². The fourth-order valence-corrected chi connectivity index (χ4v) is 6.76. The molecule has 368 valence electrons. The number of nitrogens with one attached hydrogen (secondary N) is 3. The van der Waals surface area contributed by atoms with Crippen molar-refractivity contribution in [2.24, 2.45) is 55.3 Å². The summed E-state index contributed by atoms with van der Waals surface area (Å²) in [6.45, 7) is 7.18. The minimum Gasteiger partial charge on any atom is -0.475 e. The molecular weight excluding hydrogens is 818 g/mol. The largest absolute Gasteiger partial charge is 0.490 e. The van der Waals surface area contributed by atoms with Crippen LogP contribution in [0.15, 0.2) is 15.0 Å². The van der Waals surface area contributed by atoms with Gasteiger partial charge in [0.25, 0.3) is 0 Å². The number of hydrogen-bond donors (Lipinski definition) is 10. The Morgan fingerprint density at radius 1 is 0.540 bits per heavy atom. The molecule has 0 heterocycles. The van der Waals surface area contributed by atoms with E-state index < -0.39 is 12.1 Å². The summed E-state index contributed by atoms with van der Waals surface area (Å²) < 4.78 is 31.7. The van der Waals surface area contributed by atoms with Crippen LogP contribution in [0.5, 0.6) is 0 Å². The van der Waals surface area contributed by atoms with E-state index in [1.54, 1.807) is 0 Å². The van der Waals surface area contributed by atoms with Crippen LogP contribution in [0.3, 0.4) is 0 Å². The van der Waals surface area contributed by atoms with Crippen LogP contribution in [0.25, 0.3) is 0 Å². The maximum atomic E-state index is 14.2. The predicted molar refractivity (Wildman–Crippen MR) is 252 cm³/mol. The summed E-state index contributed by atoms with van der Waals surface area (Å²) in [5, 5.41) is 20.6. The fourth-order valence-electron chi connectivity index (χ4n) is 6.76. The van der Waals surface area contributed by atoms with Gasteiger partial charge in [-0.05, 0) is 70.1 Å². The Balaban J connectivity index is 0.00000503. The molecule has 0 aliphatic heterocycles. The number of nitrogens with zero attached hydrogens (tertiary/aromatic N) is 5. The number of rotatable bonds is 38. The molecule has 0 unspecified atom stereocenters. The van der Waals surface area contributed by atoms with Crippen molar-refractivity contribution in [3.63, 3.8) is 0 Å². The van der Waals surface area contributed by atoms with E-state index in [1.165, 1.54) is 32.1 Å². The molecule has 20 heteroatoms. The van der Waals surface area contributed by atoms with E-state index in [2.05, 4.69) is 35.4 Å². The van der Waals surface area contributed by atoms with Gasteiger partial charge in [0.2, 0.25) is 0 Å². The summed E-state index contributed by atoms with van der Waals surface area (Å²) in [6, 6.07) is 0.224. The molecule has 1 rings (SSSR count). The predicted octanol–water partition coefficient (Wildman–Crippen LogP) is 6.05. The Labute approximate surface area is 376 Å². The molecule has 0 atom stereocenters. The molecule has 0 radical (unpaired) electrons. The third kappa shape index (κ3) is 41.4. The minimum atomic E-state index is -5.08. The second-order valence-electron chi connectivity index (χ2n) is 16.6. The summed E-state index contributed by atoms with van der Waals surface area (Å²) in [7, 11) is 0. The average molecular weight is 905 g/mol. The Bertz CT molecular complexity index is 1260. The zero-order chi connectivity index (χ0) is 47.0. The number of carboxylic acid groups (broad SMARTS) is 1. The van der Waals surface area contributed by atoms with E-state index in [0.29, 0.717) is 19.0 Å². The number of nitrogens with two attached hydrogens (primary N) is 6. The van der Waals surface area contributed by atoms with Crippen LogP contribution in [0.2, 0.25) is 0 Å². The van der Waals surface area contributed by atoms with Gasteiger partial charge in [-0.25, -0.2) is 9.59 Å². The number of halogens is 3. The van der Waals surface area contributed by atoms with E-state index in [-0.39, 0.29) is 23.9 Å². The second-order valence-corrected chi connectivity index (χ2v) is 16.6. The molecule has 17 nitrogen and oxygen atoms in total. The first kappa shape index (κ1) is 58.6. The lowest BCUT2D eigenvalue weighted by Gasteiger charge is -2.31. The molecule has 1 aliphatic carbocycles. The number of carbonyl (C=O) groups excluding carboxylic acids is 1. The van der Waals surface area contributed by atoms with E-state index in [0.717, 1.165) is 187 Å². The van der Waals surface area contributed by atoms with Crippen LogP contribution < -0.4 is 45.0 Å². The quantitative estimate of drug-likeness (QED) is 0.0193. The molecule has 1 aliphatic rings. The zero-order valence-electron chi connectivity index (χ0n) is 38.4. The standard InChI is InChI=1S/C41H86N14O.C2HF3O2/c42-37(43)49-27-17-9-1-5-13-21-31-54(32-22-14-6-2-10-18-28-50-38(44)45)41(56)55(33-23-15-7-3-11-19-29-51-39(46)47)34-24-16-8-4-12-20-30-52-40(48)53-35-36-25-26-36;3-2(4,5)1(6)7/h36H,1-35H2,(H4,42,43,49)(H4,44,45,50)(H4,46,47,51)(H3,48,52,53);(H,6,7). The lowest BCUT2D eigenvalue weighted by Crippen LogP contribution is -2.45. The first-order valence-corrected chi connectivity index (χ1v) is 23.7. The van der Waals surface area contributed by atoms with Crippen LogP contribution in [-0.4, -0.2) is 116 Å². The molecule has 2 amide bonds. The number of aliphatic imine (C=N–C) groups is 3. The van der Waals surface area contributed by atoms with Gasteiger partial charge in [-0.1, -0.05) is 103 Å². The van der Waals surface area contributed by atoms with Crippen molar-refractivity contribution < 1.29 is 27.9 Å². The smallest absolute Gasteiger partial charge is 0.475 e. The fraction of sp³-hybridized carbons (Fsp3) is 0.860. The maximum Gasteiger partial charge on any atom is 0.490 e. The highest BCUT2D eigenvalue weighted by Crippen LogP contribution is 2.28. The van der Waals surface area contributed by atoms with Crippen LogP contribution in [-0.2, 0) is 4.79 Å². The van der Waals surface area contributed by atoms with E-state index in [9.17, 15) is 18.0 Å². The van der Waals surface area contributed by atoms with Gasteiger partial charge >= 0.3 is 18.2 Å². The van der Waals surface area contributed by atoms with Gasteiger partial charge in [0, 0.05) is 58.9 Å². The number of hydrogen-bond acceptors (Lipinski definition) is 6. The number of carboxylic acids is 1. The van der Waals surface area contributed by atoms with Gasteiger partial charge in [0.05, 0.1) is 0 Å². The van der Waals surface area contributed by atoms with Gasteiger partial charge in [0.15, 0.2) is 23.8 Å². The van der Waals surface area contributed by atoms with Crippen molar-refractivity contribution in [3.8, 4) is 0 Å². The molecule has 1 saturated carbocycles. The van der Waals surface area contributed by atoms with Crippen LogP contribution in [0.1, 0.15) is 167 Å². The topological polar surface area (TPSA) is 302 Å². The average Bonchev–Trinajstić information content (AvgIpc) is 4.06. The molecule has 0 aromatic rings. The summed E-state index contributed by atoms with van der Waals surface area (Å²) in [5.74, 6) is -1.04. The highest BCUT2D eigenvalue weighted by molar-refractivity contribution is 5.78. The van der Waals surface area contributed by atoms with Crippen LogP contribution >= 0.6 is 0 Å². The Morgan fingerprint density at radius 3 is 1.17 bits per heavy atom. The lowest BCUT2D eigenvalue weighted by molar-refractivity contribution is -0.192. The number of aliphatic carboxylic acids is 1. The van der Waals surface area contributed by atoms with Gasteiger partial charge in [-0.3, -0.25) is 20.4 Å². The molecule has 0 saturated heterocycles. The third-order valence-electron chi connectivity index (χ3n) is 10.6. The number of urea groups is 1. The number of alkyl halides is 3. The monoisotopic (exact) mass is 905 g/mol. The van der Waals surface area contributed by atoms with Crippen molar-refractivity contribution in [2.45, 2.75) is 173 Å². The maximum absolute atomic E-state index is 14.2.